The van der Waals surface area contributed by atoms with E-state index in [4.69, 9.17) is 5.84 Å². The molecule has 17 heavy (non-hydrogen) atoms. The van der Waals surface area contributed by atoms with Crippen LogP contribution in [0.2, 0.25) is 0 Å². The minimum Gasteiger partial charge on any atom is -0.366 e. The first-order valence-corrected chi connectivity index (χ1v) is 6.54. The van der Waals surface area contributed by atoms with Crippen molar-refractivity contribution in [3.63, 3.8) is 0 Å². The third-order valence-electron chi connectivity index (χ3n) is 2.71. The molecule has 1 fully saturated rings. The molecular weight excluding hydrogens is 238 g/mol. The lowest BCUT2D eigenvalue weighted by atomic mass is 10.2. The topological polar surface area (TPSA) is 105 Å². The summed E-state index contributed by atoms with van der Waals surface area (Å²) in [5.74, 6) is 8.81. The third kappa shape index (κ3) is 2.01. The van der Waals surface area contributed by atoms with Gasteiger partial charge in [-0.3, -0.25) is 10.5 Å². The fourth-order valence-corrected chi connectivity index (χ4v) is 3.00. The first kappa shape index (κ1) is 10.6. The van der Waals surface area contributed by atoms with Crippen LogP contribution in [0.25, 0.3) is 11.0 Å². The van der Waals surface area contributed by atoms with Crippen molar-refractivity contribution in [1.29, 1.82) is 0 Å². The van der Waals surface area contributed by atoms with Crippen LogP contribution in [0, 0.1) is 0 Å². The Bertz CT molecular complexity index is 519. The Morgan fingerprint density at radius 3 is 3.18 bits per heavy atom. The van der Waals surface area contributed by atoms with Crippen LogP contribution in [-0.4, -0.2) is 37.7 Å². The molecule has 0 bridgehead atoms. The van der Waals surface area contributed by atoms with E-state index in [2.05, 4.69) is 30.9 Å². The smallest absolute Gasteiger partial charge is 0.241 e. The minimum absolute atomic E-state index is 0.384. The molecule has 2 aromatic rings. The Labute approximate surface area is 102 Å². The molecule has 90 valence electrons. The average molecular weight is 251 g/mol. The summed E-state index contributed by atoms with van der Waals surface area (Å²) in [6.45, 7) is 0. The van der Waals surface area contributed by atoms with Gasteiger partial charge in [-0.05, 0) is 12.2 Å². The van der Waals surface area contributed by atoms with Gasteiger partial charge in [0, 0.05) is 11.8 Å². The lowest BCUT2D eigenvalue weighted by molar-refractivity contribution is 0.808. The second-order valence-electron chi connectivity index (χ2n) is 3.88. The monoisotopic (exact) mass is 251 g/mol. The Kier molecular flexibility index (Phi) is 2.73. The fourth-order valence-electron chi connectivity index (χ4n) is 1.85. The number of hydrogen-bond donors (Lipinski definition) is 4. The number of hydrazine groups is 1. The maximum absolute atomic E-state index is 5.35. The molecule has 1 saturated heterocycles. The second-order valence-corrected chi connectivity index (χ2v) is 5.03. The van der Waals surface area contributed by atoms with Gasteiger partial charge >= 0.3 is 0 Å². The summed E-state index contributed by atoms with van der Waals surface area (Å²) in [5, 5.41) is 11.1. The number of anilines is 2. The van der Waals surface area contributed by atoms with Crippen LogP contribution in [0.4, 0.5) is 11.8 Å². The van der Waals surface area contributed by atoms with Crippen molar-refractivity contribution < 1.29 is 0 Å². The summed E-state index contributed by atoms with van der Waals surface area (Å²) >= 11 is 1.95. The Hall–Kier alpha value is -1.54. The van der Waals surface area contributed by atoms with E-state index < -0.39 is 0 Å². The van der Waals surface area contributed by atoms with Crippen LogP contribution in [0.1, 0.15) is 6.42 Å². The average Bonchev–Trinajstić information content (AvgIpc) is 2.98. The number of nitrogens with one attached hydrogen (secondary N) is 3. The second kappa shape index (κ2) is 4.38. The minimum atomic E-state index is 0.384. The van der Waals surface area contributed by atoms with E-state index in [0.717, 1.165) is 23.4 Å². The number of nitrogens with zero attached hydrogens (tertiary/aromatic N) is 3. The molecule has 0 amide bonds. The van der Waals surface area contributed by atoms with Crippen molar-refractivity contribution in [3.05, 3.63) is 6.20 Å². The van der Waals surface area contributed by atoms with Crippen molar-refractivity contribution in [1.82, 2.24) is 20.2 Å². The lowest BCUT2D eigenvalue weighted by Crippen LogP contribution is -2.20. The van der Waals surface area contributed by atoms with Gasteiger partial charge in [0.25, 0.3) is 0 Å². The number of aromatic amines is 1. The highest BCUT2D eigenvalue weighted by Gasteiger charge is 2.18. The zero-order valence-corrected chi connectivity index (χ0v) is 9.92. The molecule has 0 aromatic carbocycles. The maximum Gasteiger partial charge on any atom is 0.241 e. The molecule has 1 aliphatic heterocycles. The van der Waals surface area contributed by atoms with Crippen LogP contribution in [0.5, 0.6) is 0 Å². The van der Waals surface area contributed by atoms with E-state index in [1.807, 2.05) is 11.8 Å². The van der Waals surface area contributed by atoms with Crippen LogP contribution in [0.3, 0.4) is 0 Å². The van der Waals surface area contributed by atoms with Crippen LogP contribution >= 0.6 is 11.8 Å². The van der Waals surface area contributed by atoms with E-state index >= 15 is 0 Å². The summed E-state index contributed by atoms with van der Waals surface area (Å²) < 4.78 is 0. The van der Waals surface area contributed by atoms with E-state index in [9.17, 15) is 0 Å². The van der Waals surface area contributed by atoms with Gasteiger partial charge in [-0.2, -0.15) is 26.8 Å². The molecule has 7 nitrogen and oxygen atoms in total. The van der Waals surface area contributed by atoms with Crippen molar-refractivity contribution in [2.75, 3.05) is 22.2 Å². The first-order valence-electron chi connectivity index (χ1n) is 5.39. The van der Waals surface area contributed by atoms with Crippen molar-refractivity contribution in [3.8, 4) is 0 Å². The third-order valence-corrected chi connectivity index (χ3v) is 3.87. The van der Waals surface area contributed by atoms with Crippen molar-refractivity contribution >= 4 is 34.6 Å². The van der Waals surface area contributed by atoms with Crippen LogP contribution < -0.4 is 16.6 Å². The SMILES string of the molecule is NNc1nc(NC2CCSC2)c2cn[nH]c2n1. The van der Waals surface area contributed by atoms with E-state index in [1.54, 1.807) is 6.20 Å². The highest BCUT2D eigenvalue weighted by atomic mass is 32.2. The summed E-state index contributed by atoms with van der Waals surface area (Å²) in [7, 11) is 0. The summed E-state index contributed by atoms with van der Waals surface area (Å²) in [6, 6.07) is 0.457. The molecule has 0 radical (unpaired) electrons. The molecular formula is C9H13N7S. The highest BCUT2D eigenvalue weighted by molar-refractivity contribution is 7.99. The standard InChI is InChI=1S/C9H13N7S/c10-15-9-13-7(12-5-1-2-17-4-5)6-3-11-16-8(6)14-9/h3,5H,1-2,4,10H2,(H3,11,12,13,14,15,16). The Morgan fingerprint density at radius 1 is 1.47 bits per heavy atom. The fraction of sp³-hybridized carbons (Fsp3) is 0.444. The molecule has 1 aliphatic rings. The van der Waals surface area contributed by atoms with Gasteiger partial charge in [0.1, 0.15) is 5.82 Å². The molecule has 0 saturated carbocycles. The molecule has 1 atom stereocenters. The molecule has 5 N–H and O–H groups in total. The number of thioether (sulfide) groups is 1. The summed E-state index contributed by atoms with van der Waals surface area (Å²) in [4.78, 5) is 8.51. The van der Waals surface area contributed by atoms with Gasteiger partial charge in [0.15, 0.2) is 5.65 Å². The number of nitrogens with two attached hydrogens (primary N) is 1. The molecule has 3 rings (SSSR count). The summed E-state index contributed by atoms with van der Waals surface area (Å²) in [5.41, 5.74) is 3.14. The predicted molar refractivity (Wildman–Crippen MR) is 68.8 cm³/mol. The van der Waals surface area contributed by atoms with Gasteiger partial charge in [-0.1, -0.05) is 0 Å². The molecule has 0 aliphatic carbocycles. The normalized spacial score (nSPS) is 19.7. The first-order chi connectivity index (χ1) is 8.36. The van der Waals surface area contributed by atoms with E-state index in [1.165, 1.54) is 5.75 Å². The predicted octanol–water partition coefficient (Wildman–Crippen LogP) is 0.556. The number of aromatic nitrogens is 4. The largest absolute Gasteiger partial charge is 0.366 e. The van der Waals surface area contributed by atoms with E-state index in [0.29, 0.717) is 17.6 Å². The Morgan fingerprint density at radius 2 is 2.41 bits per heavy atom. The van der Waals surface area contributed by atoms with E-state index in [-0.39, 0.29) is 0 Å². The van der Waals surface area contributed by atoms with Crippen molar-refractivity contribution in [2.24, 2.45) is 5.84 Å². The molecule has 8 heteroatoms. The highest BCUT2D eigenvalue weighted by Crippen LogP contribution is 2.25. The van der Waals surface area contributed by atoms with Gasteiger partial charge in [-0.25, -0.2) is 5.84 Å². The zero-order chi connectivity index (χ0) is 11.7. The molecule has 3 heterocycles. The molecule has 2 aromatic heterocycles. The Balaban J connectivity index is 1.97. The molecule has 0 spiro atoms. The number of fused-ring (bicyclic) bond motifs is 1. The molecule has 1 unspecified atom stereocenters. The van der Waals surface area contributed by atoms with Crippen molar-refractivity contribution in [2.45, 2.75) is 12.5 Å². The van der Waals surface area contributed by atoms with Crippen LogP contribution in [0.15, 0.2) is 6.20 Å². The quantitative estimate of drug-likeness (QED) is 0.466. The van der Waals surface area contributed by atoms with Gasteiger partial charge < -0.3 is 5.32 Å². The van der Waals surface area contributed by atoms with Gasteiger partial charge in [-0.15, -0.1) is 0 Å². The number of H-pyrrole nitrogens is 1. The number of nitrogen functional groups attached to an aromatic ring is 1. The zero-order valence-electron chi connectivity index (χ0n) is 9.10. The van der Waals surface area contributed by atoms with Gasteiger partial charge in [0.2, 0.25) is 5.95 Å². The number of hydrogen-bond acceptors (Lipinski definition) is 7. The summed E-state index contributed by atoms with van der Waals surface area (Å²) in [6.07, 6.45) is 2.87. The number of rotatable bonds is 3. The maximum atomic E-state index is 5.35. The van der Waals surface area contributed by atoms with Crippen LogP contribution in [-0.2, 0) is 0 Å². The lowest BCUT2D eigenvalue weighted by Gasteiger charge is -2.13. The van der Waals surface area contributed by atoms with Gasteiger partial charge in [0.05, 0.1) is 11.6 Å².